The van der Waals surface area contributed by atoms with Crippen LogP contribution in [-0.2, 0) is 5.41 Å². The number of anilines is 6. The number of furan rings is 2. The molecule has 622 valence electrons. The minimum atomic E-state index is -0.864. The highest BCUT2D eigenvalue weighted by molar-refractivity contribution is 7.00. The molecule has 0 spiro atoms. The molecule has 0 N–H and O–H groups in total. The smallest absolute Gasteiger partial charge is 0.252 e. The Kier molecular flexibility index (Phi) is 13.9. The van der Waals surface area contributed by atoms with E-state index in [2.05, 4.69) is 186 Å². The van der Waals surface area contributed by atoms with Crippen molar-refractivity contribution in [2.75, 3.05) is 9.80 Å². The number of hydrogen-bond donors (Lipinski definition) is 0. The Hall–Kier alpha value is -17.5. The van der Waals surface area contributed by atoms with Crippen LogP contribution < -0.4 is 26.2 Å². The number of benzene rings is 21. The standard InChI is InChI=1S/C127H79BN4O2/c1-7-31-80(32-8-1)84-39-29-41-86(71-84)88-58-67-112-104(74-88)99-48-20-25-53-110(99)129(112)94-60-65-108-114(78-94)131(125-96(82-35-11-3-12-36-82)62-69-120-122(125)101-50-22-27-55-118(101)133-120)116-76-91(90-57-64-107-103(73-90)98-47-19-24-52-106(98)127(107,92-43-15-5-16-44-92)93-45-17-6-18-46-93)77-117-124(116)128(108)109-66-61-95(79-115(109)132(117)126-97(83-37-13-4-14-38-83)63-70-121-123(126)102-51-23-28-56-119(102)134-121)130-111-54-26-21-49-100(111)105-75-89(59-68-113(105)130)87-42-30-40-85(72-87)81-33-9-2-10-34-81/h1-79H/i20D,21D,25D,26D,48D,49D,53D,54D,58D,59D,67D,68D,74D,75D. The third kappa shape index (κ3) is 11.3. The van der Waals surface area contributed by atoms with Gasteiger partial charge < -0.3 is 27.8 Å². The molecule has 28 rings (SSSR count). The summed E-state index contributed by atoms with van der Waals surface area (Å²) in [4.78, 5) is 4.68. The van der Waals surface area contributed by atoms with E-state index in [1.54, 1.807) is 21.3 Å². The minimum Gasteiger partial charge on any atom is -0.456 e. The minimum absolute atomic E-state index is 0.00682. The lowest BCUT2D eigenvalue weighted by Crippen LogP contribution is -2.61. The van der Waals surface area contributed by atoms with Gasteiger partial charge in [-0.1, -0.05) is 352 Å². The Labute approximate surface area is 794 Å². The number of fused-ring (bicyclic) bond motifs is 19. The zero-order chi connectivity index (χ0) is 100.0. The zero-order valence-corrected chi connectivity index (χ0v) is 71.7. The predicted octanol–water partition coefficient (Wildman–Crippen LogP) is 31.8. The first kappa shape index (κ1) is 62.6. The summed E-state index contributed by atoms with van der Waals surface area (Å²) in [7, 11) is 0. The Morgan fingerprint density at radius 1 is 0.239 bits per heavy atom. The highest BCUT2D eigenvalue weighted by Gasteiger charge is 2.49. The summed E-state index contributed by atoms with van der Waals surface area (Å²) >= 11 is 0. The lowest BCUT2D eigenvalue weighted by molar-refractivity contribution is 0.668. The fourth-order valence-corrected chi connectivity index (χ4v) is 22.1. The second-order valence-corrected chi connectivity index (χ2v) is 34.9. The number of rotatable bonds is 13. The van der Waals surface area contributed by atoms with E-state index in [0.717, 1.165) is 116 Å². The monoisotopic (exact) mass is 1720 g/mol. The van der Waals surface area contributed by atoms with Gasteiger partial charge in [-0.05, 0) is 244 Å². The maximum atomic E-state index is 10.7. The van der Waals surface area contributed by atoms with Gasteiger partial charge >= 0.3 is 0 Å². The molecule has 0 bridgehead atoms. The van der Waals surface area contributed by atoms with Gasteiger partial charge in [-0.15, -0.1) is 0 Å². The second-order valence-electron chi connectivity index (χ2n) is 34.9. The molecule has 4 aromatic heterocycles. The summed E-state index contributed by atoms with van der Waals surface area (Å²) in [5, 5.41) is 3.17. The van der Waals surface area contributed by atoms with E-state index < -0.39 is 60.5 Å². The summed E-state index contributed by atoms with van der Waals surface area (Å²) in [6, 6.07) is 127. The summed E-state index contributed by atoms with van der Waals surface area (Å²) in [5.74, 6) is 0. The lowest BCUT2D eigenvalue weighted by atomic mass is 9.33. The van der Waals surface area contributed by atoms with Crippen molar-refractivity contribution in [3.05, 3.63) is 501 Å². The first-order valence-corrected chi connectivity index (χ1v) is 45.1. The van der Waals surface area contributed by atoms with Gasteiger partial charge in [-0.2, -0.15) is 0 Å². The summed E-state index contributed by atoms with van der Waals surface area (Å²) in [6.45, 7) is -0.864. The molecular weight excluding hydrogens is 1620 g/mol. The van der Waals surface area contributed by atoms with Crippen molar-refractivity contribution in [2.24, 2.45) is 0 Å². The summed E-state index contributed by atoms with van der Waals surface area (Å²) in [6.07, 6.45) is 0. The van der Waals surface area contributed by atoms with Crippen LogP contribution in [0.1, 0.15) is 41.4 Å². The fraction of sp³-hybridized carbons (Fsp3) is 0.00787. The van der Waals surface area contributed by atoms with E-state index in [1.165, 1.54) is 0 Å². The van der Waals surface area contributed by atoms with Crippen LogP contribution >= 0.6 is 0 Å². The van der Waals surface area contributed by atoms with Crippen LogP contribution in [0.5, 0.6) is 0 Å². The van der Waals surface area contributed by atoms with Crippen LogP contribution in [0.3, 0.4) is 0 Å². The normalized spacial score (nSPS) is 14.4. The van der Waals surface area contributed by atoms with Crippen molar-refractivity contribution in [1.82, 2.24) is 9.13 Å². The molecule has 6 heterocycles. The molecule has 0 unspecified atom stereocenters. The largest absolute Gasteiger partial charge is 0.456 e. The Bertz CT molecular complexity index is 9560. The first-order chi connectivity index (χ1) is 72.3. The molecule has 134 heavy (non-hydrogen) atoms. The highest BCUT2D eigenvalue weighted by atomic mass is 16.3. The van der Waals surface area contributed by atoms with E-state index >= 15 is 0 Å². The highest BCUT2D eigenvalue weighted by Crippen LogP contribution is 2.60. The van der Waals surface area contributed by atoms with Gasteiger partial charge in [0.15, 0.2) is 0 Å². The SMILES string of the molecule is [2H]c1c([2H])c([2H])c2c(c1[2H])c1c([2H])c(-c3cccc(-c4ccccc4)c3)c([2H])c([2H])c1n2-c1ccc2c(c1)N(c1c(-c3ccccc3)ccc3oc4ccccc4c13)c1cc(-c3ccc4c(c3)-c3ccccc3C4(c3ccccc3)c3ccccc3)cc3c1B2c1ccc(-n2c4c([2H])c([2H])c([2H])c([2H])c4c4c([2H])c(-c5cccc(-c6ccccc6)c5)c([2H])c([2H])c42)cc1N3c1c(-c2ccccc2)ccc2oc3ccccc3c12. The number of hydrogen-bond acceptors (Lipinski definition) is 4. The molecule has 0 fully saturated rings. The van der Waals surface area contributed by atoms with Crippen LogP contribution in [-0.4, -0.2) is 15.8 Å². The number of para-hydroxylation sites is 4. The van der Waals surface area contributed by atoms with Crippen LogP contribution in [0.25, 0.3) is 188 Å². The molecule has 0 atom stereocenters. The van der Waals surface area contributed by atoms with Gasteiger partial charge in [-0.3, -0.25) is 0 Å². The second kappa shape index (κ2) is 29.8. The quantitative estimate of drug-likeness (QED) is 0.108. The van der Waals surface area contributed by atoms with E-state index in [0.29, 0.717) is 89.9 Å². The van der Waals surface area contributed by atoms with Crippen molar-refractivity contribution < 1.29 is 28.0 Å². The van der Waals surface area contributed by atoms with Crippen molar-refractivity contribution in [3.63, 3.8) is 0 Å². The van der Waals surface area contributed by atoms with E-state index in [-0.39, 0.29) is 91.0 Å². The van der Waals surface area contributed by atoms with Crippen molar-refractivity contribution in [2.45, 2.75) is 5.41 Å². The van der Waals surface area contributed by atoms with Crippen LogP contribution in [0.2, 0.25) is 0 Å². The van der Waals surface area contributed by atoms with Crippen molar-refractivity contribution in [3.8, 4) is 100 Å². The van der Waals surface area contributed by atoms with Crippen molar-refractivity contribution >= 4 is 145 Å². The van der Waals surface area contributed by atoms with Gasteiger partial charge in [0.25, 0.3) is 6.71 Å². The molecule has 6 nitrogen and oxygen atoms in total. The average Bonchev–Trinajstić information content (AvgIpc) is 1.11. The van der Waals surface area contributed by atoms with Crippen LogP contribution in [0.4, 0.5) is 34.1 Å². The lowest BCUT2D eigenvalue weighted by Gasteiger charge is -2.45. The summed E-state index contributed by atoms with van der Waals surface area (Å²) in [5.41, 5.74) is 24.0. The van der Waals surface area contributed by atoms with E-state index in [1.807, 2.05) is 206 Å². The van der Waals surface area contributed by atoms with E-state index in [4.69, 9.17) is 8.83 Å². The molecule has 25 aromatic rings. The number of nitrogens with zero attached hydrogens (tertiary/aromatic N) is 4. The topological polar surface area (TPSA) is 42.6 Å². The third-order valence-electron chi connectivity index (χ3n) is 27.8. The molecule has 1 aliphatic carbocycles. The fourth-order valence-electron chi connectivity index (χ4n) is 22.1. The molecule has 0 saturated carbocycles. The third-order valence-corrected chi connectivity index (χ3v) is 27.8. The van der Waals surface area contributed by atoms with Crippen LogP contribution in [0, 0.1) is 0 Å². The molecule has 0 radical (unpaired) electrons. The van der Waals surface area contributed by atoms with Gasteiger partial charge in [0.05, 0.1) is 68.8 Å². The van der Waals surface area contributed by atoms with Gasteiger partial charge in [-0.25, -0.2) is 0 Å². The Morgan fingerprint density at radius 3 is 1.12 bits per heavy atom. The Morgan fingerprint density at radius 2 is 0.634 bits per heavy atom. The van der Waals surface area contributed by atoms with Gasteiger partial charge in [0.2, 0.25) is 0 Å². The van der Waals surface area contributed by atoms with Crippen molar-refractivity contribution in [1.29, 1.82) is 0 Å². The van der Waals surface area contributed by atoms with Gasteiger partial charge in [0, 0.05) is 77.6 Å². The predicted molar refractivity (Wildman–Crippen MR) is 559 cm³/mol. The number of aromatic nitrogens is 2. The molecule has 3 aliphatic rings. The first-order valence-electron chi connectivity index (χ1n) is 52.1. The van der Waals surface area contributed by atoms with Crippen LogP contribution in [0.15, 0.2) is 488 Å². The molecule has 21 aromatic carbocycles. The van der Waals surface area contributed by atoms with E-state index in [9.17, 15) is 19.2 Å². The Balaban J connectivity index is 0.805. The summed E-state index contributed by atoms with van der Waals surface area (Å²) < 4.78 is 161. The maximum Gasteiger partial charge on any atom is 0.252 e. The molecular formula is C127H79BN4O2. The molecule has 0 saturated heterocycles. The maximum absolute atomic E-state index is 10.7. The molecule has 2 aliphatic heterocycles. The zero-order valence-electron chi connectivity index (χ0n) is 85.7. The molecule has 0 amide bonds. The molecule has 7 heteroatoms. The average molecular weight is 1720 g/mol. The van der Waals surface area contributed by atoms with Gasteiger partial charge in [0.1, 0.15) is 22.3 Å².